The molecule has 1 aliphatic heterocycles. The van der Waals surface area contributed by atoms with E-state index in [9.17, 15) is 9.59 Å². The van der Waals surface area contributed by atoms with Gasteiger partial charge >= 0.3 is 6.03 Å². The number of aromatic nitrogens is 2. The van der Waals surface area contributed by atoms with Crippen LogP contribution in [0, 0.1) is 0 Å². The first-order valence-corrected chi connectivity index (χ1v) is 10.4. The van der Waals surface area contributed by atoms with Crippen LogP contribution < -0.4 is 10.6 Å². The van der Waals surface area contributed by atoms with E-state index in [1.54, 1.807) is 4.90 Å². The third-order valence-electron chi connectivity index (χ3n) is 5.26. The lowest BCUT2D eigenvalue weighted by Crippen LogP contribution is -2.39. The van der Waals surface area contributed by atoms with Crippen molar-refractivity contribution >= 4 is 33.6 Å². The van der Waals surface area contributed by atoms with Gasteiger partial charge in [-0.2, -0.15) is 5.10 Å². The summed E-state index contributed by atoms with van der Waals surface area (Å²) in [6.07, 6.45) is 3.97. The SMILES string of the molecule is Cn1nc(CCC(=O)NC2CC2)c2c1CCN(C(=O)Nc1ccccc1Br)C2. The average molecular weight is 446 g/mol. The highest BCUT2D eigenvalue weighted by atomic mass is 79.9. The van der Waals surface area contributed by atoms with Crippen molar-refractivity contribution in [1.29, 1.82) is 0 Å². The molecule has 1 aromatic carbocycles. The second-order valence-corrected chi connectivity index (χ2v) is 8.27. The fraction of sp³-hybridized carbons (Fsp3) is 0.450. The molecule has 1 saturated carbocycles. The molecule has 148 valence electrons. The first-order valence-electron chi connectivity index (χ1n) is 9.64. The number of carbonyl (C=O) groups is 2. The lowest BCUT2D eigenvalue weighted by Gasteiger charge is -2.28. The van der Waals surface area contributed by atoms with E-state index in [4.69, 9.17) is 0 Å². The quantitative estimate of drug-likeness (QED) is 0.742. The molecule has 2 aromatic rings. The Balaban J connectivity index is 1.42. The lowest BCUT2D eigenvalue weighted by molar-refractivity contribution is -0.121. The average Bonchev–Trinajstić information content (AvgIpc) is 3.44. The van der Waals surface area contributed by atoms with E-state index in [1.807, 2.05) is 36.0 Å². The Bertz CT molecular complexity index is 906. The number of carbonyl (C=O) groups excluding carboxylic acids is 2. The third kappa shape index (κ3) is 4.22. The Morgan fingerprint density at radius 2 is 2.07 bits per heavy atom. The maximum absolute atomic E-state index is 12.7. The zero-order chi connectivity index (χ0) is 19.7. The van der Waals surface area contributed by atoms with E-state index in [0.29, 0.717) is 32.0 Å². The van der Waals surface area contributed by atoms with Crippen LogP contribution in [-0.2, 0) is 31.2 Å². The Hall–Kier alpha value is -2.35. The minimum Gasteiger partial charge on any atom is -0.353 e. The molecule has 2 N–H and O–H groups in total. The van der Waals surface area contributed by atoms with Crippen molar-refractivity contribution in [2.75, 3.05) is 11.9 Å². The Kier molecular flexibility index (Phi) is 5.39. The predicted molar refractivity (Wildman–Crippen MR) is 110 cm³/mol. The van der Waals surface area contributed by atoms with Crippen LogP contribution in [0.15, 0.2) is 28.7 Å². The molecule has 0 atom stereocenters. The first-order chi connectivity index (χ1) is 13.5. The minimum atomic E-state index is -0.126. The van der Waals surface area contributed by atoms with Crippen molar-refractivity contribution in [2.45, 2.75) is 44.7 Å². The summed E-state index contributed by atoms with van der Waals surface area (Å²) in [7, 11) is 1.93. The van der Waals surface area contributed by atoms with E-state index in [0.717, 1.165) is 46.4 Å². The van der Waals surface area contributed by atoms with Crippen LogP contribution in [-0.4, -0.2) is 39.2 Å². The monoisotopic (exact) mass is 445 g/mol. The van der Waals surface area contributed by atoms with Gasteiger partial charge in [0.05, 0.1) is 17.9 Å². The van der Waals surface area contributed by atoms with Crippen LogP contribution in [0.2, 0.25) is 0 Å². The van der Waals surface area contributed by atoms with Gasteiger partial charge in [0.15, 0.2) is 0 Å². The lowest BCUT2D eigenvalue weighted by atomic mass is 10.0. The number of nitrogens with one attached hydrogen (secondary N) is 2. The number of hydrogen-bond acceptors (Lipinski definition) is 3. The van der Waals surface area contributed by atoms with Crippen molar-refractivity contribution in [1.82, 2.24) is 20.0 Å². The molecule has 3 amide bonds. The summed E-state index contributed by atoms with van der Waals surface area (Å²) in [4.78, 5) is 26.6. The molecule has 1 aromatic heterocycles. The summed E-state index contributed by atoms with van der Waals surface area (Å²) >= 11 is 3.46. The van der Waals surface area contributed by atoms with Crippen molar-refractivity contribution in [3.63, 3.8) is 0 Å². The molecule has 0 spiro atoms. The van der Waals surface area contributed by atoms with Crippen LogP contribution >= 0.6 is 15.9 Å². The van der Waals surface area contributed by atoms with Gasteiger partial charge in [-0.1, -0.05) is 12.1 Å². The van der Waals surface area contributed by atoms with Crippen molar-refractivity contribution < 1.29 is 9.59 Å². The normalized spacial score (nSPS) is 15.9. The summed E-state index contributed by atoms with van der Waals surface area (Å²) in [5.74, 6) is 0.0845. The largest absolute Gasteiger partial charge is 0.353 e. The number of hydrogen-bond donors (Lipinski definition) is 2. The minimum absolute atomic E-state index is 0.0845. The molecular weight excluding hydrogens is 422 g/mol. The highest BCUT2D eigenvalue weighted by Crippen LogP contribution is 2.26. The van der Waals surface area contributed by atoms with Gasteiger partial charge in [0.1, 0.15) is 0 Å². The van der Waals surface area contributed by atoms with Crippen LogP contribution in [0.25, 0.3) is 0 Å². The number of anilines is 1. The maximum Gasteiger partial charge on any atom is 0.322 e. The van der Waals surface area contributed by atoms with Gasteiger partial charge in [0.25, 0.3) is 0 Å². The highest BCUT2D eigenvalue weighted by molar-refractivity contribution is 9.10. The van der Waals surface area contributed by atoms with Gasteiger partial charge in [-0.15, -0.1) is 0 Å². The van der Waals surface area contributed by atoms with Crippen LogP contribution in [0.3, 0.4) is 0 Å². The zero-order valence-electron chi connectivity index (χ0n) is 15.9. The van der Waals surface area contributed by atoms with E-state index in [-0.39, 0.29) is 11.9 Å². The number of aryl methyl sites for hydroxylation is 2. The molecule has 0 bridgehead atoms. The molecule has 7 nitrogen and oxygen atoms in total. The second kappa shape index (κ2) is 7.95. The fourth-order valence-electron chi connectivity index (χ4n) is 3.56. The van der Waals surface area contributed by atoms with Gasteiger partial charge < -0.3 is 15.5 Å². The molecular formula is C20H24BrN5O2. The number of benzene rings is 1. The molecule has 0 unspecified atom stereocenters. The number of halogens is 1. The molecule has 8 heteroatoms. The number of rotatable bonds is 5. The topological polar surface area (TPSA) is 79.3 Å². The first kappa shape index (κ1) is 19.0. The molecule has 1 fully saturated rings. The van der Waals surface area contributed by atoms with Crippen molar-refractivity contribution in [2.24, 2.45) is 7.05 Å². The maximum atomic E-state index is 12.7. The summed E-state index contributed by atoms with van der Waals surface area (Å²) in [6.45, 7) is 1.16. The third-order valence-corrected chi connectivity index (χ3v) is 5.95. The van der Waals surface area contributed by atoms with Crippen molar-refractivity contribution in [3.05, 3.63) is 45.7 Å². The molecule has 1 aliphatic carbocycles. The molecule has 0 radical (unpaired) electrons. The number of amides is 3. The van der Waals surface area contributed by atoms with Gasteiger partial charge in [-0.05, 0) is 40.9 Å². The van der Waals surface area contributed by atoms with E-state index >= 15 is 0 Å². The summed E-state index contributed by atoms with van der Waals surface area (Å²) < 4.78 is 2.75. The Morgan fingerprint density at radius 3 is 2.82 bits per heavy atom. The van der Waals surface area contributed by atoms with Gasteiger partial charge in [0.2, 0.25) is 5.91 Å². The Labute approximate surface area is 172 Å². The second-order valence-electron chi connectivity index (χ2n) is 7.42. The number of urea groups is 1. The van der Waals surface area contributed by atoms with Crippen LogP contribution in [0.5, 0.6) is 0 Å². The summed E-state index contributed by atoms with van der Waals surface area (Å²) in [5.41, 5.74) is 3.90. The van der Waals surface area contributed by atoms with Gasteiger partial charge in [0, 0.05) is 54.6 Å². The highest BCUT2D eigenvalue weighted by Gasteiger charge is 2.28. The molecule has 2 aliphatic rings. The number of para-hydroxylation sites is 1. The molecule has 0 saturated heterocycles. The van der Waals surface area contributed by atoms with Crippen molar-refractivity contribution in [3.8, 4) is 0 Å². The molecule has 28 heavy (non-hydrogen) atoms. The summed E-state index contributed by atoms with van der Waals surface area (Å²) in [6, 6.07) is 7.82. The zero-order valence-corrected chi connectivity index (χ0v) is 17.5. The number of nitrogens with zero attached hydrogens (tertiary/aromatic N) is 3. The number of fused-ring (bicyclic) bond motifs is 1. The predicted octanol–water partition coefficient (Wildman–Crippen LogP) is 2.98. The van der Waals surface area contributed by atoms with Crippen LogP contribution in [0.1, 0.15) is 36.2 Å². The Morgan fingerprint density at radius 1 is 1.29 bits per heavy atom. The fourth-order valence-corrected chi connectivity index (χ4v) is 3.94. The van der Waals surface area contributed by atoms with E-state index in [2.05, 4.69) is 31.7 Å². The van der Waals surface area contributed by atoms with Gasteiger partial charge in [-0.25, -0.2) is 4.79 Å². The van der Waals surface area contributed by atoms with E-state index < -0.39 is 0 Å². The standard InChI is InChI=1S/C20H24BrN5O2/c1-25-18-10-11-26(20(28)23-17-5-3-2-4-15(17)21)12-14(18)16(24-25)8-9-19(27)22-13-6-7-13/h2-5,13H,6-12H2,1H3,(H,22,27)(H,23,28). The molecule has 2 heterocycles. The van der Waals surface area contributed by atoms with Gasteiger partial charge in [-0.3, -0.25) is 9.48 Å². The van der Waals surface area contributed by atoms with E-state index in [1.165, 1.54) is 0 Å². The summed E-state index contributed by atoms with van der Waals surface area (Å²) in [5, 5.41) is 10.6. The molecule has 4 rings (SSSR count). The smallest absolute Gasteiger partial charge is 0.322 e. The van der Waals surface area contributed by atoms with Crippen LogP contribution in [0.4, 0.5) is 10.5 Å².